The zero-order chi connectivity index (χ0) is 20.9. The lowest BCUT2D eigenvalue weighted by Crippen LogP contribution is -2.43. The van der Waals surface area contributed by atoms with Gasteiger partial charge in [0, 0.05) is 36.9 Å². The number of rotatable bonds is 4. The number of nitrogens with zero attached hydrogens (tertiary/aromatic N) is 5. The van der Waals surface area contributed by atoms with E-state index in [1.807, 2.05) is 6.07 Å². The minimum Gasteiger partial charge on any atom is -0.368 e. The first kappa shape index (κ1) is 19.7. The molecule has 152 valence electrons. The summed E-state index contributed by atoms with van der Waals surface area (Å²) >= 11 is 5.89. The van der Waals surface area contributed by atoms with Gasteiger partial charge in [-0.05, 0) is 42.5 Å². The lowest BCUT2D eigenvalue weighted by Gasteiger charge is -2.30. The first-order chi connectivity index (χ1) is 14.6. The molecule has 0 unspecified atom stereocenters. The number of carbonyl (C=O) groups excluding carboxylic acids is 1. The van der Waals surface area contributed by atoms with Crippen LogP contribution in [-0.4, -0.2) is 47.2 Å². The van der Waals surface area contributed by atoms with Gasteiger partial charge in [-0.1, -0.05) is 16.8 Å². The van der Waals surface area contributed by atoms with E-state index in [9.17, 15) is 10.1 Å². The molecular weight excluding hydrogens is 404 g/mol. The second-order valence-corrected chi connectivity index (χ2v) is 7.12. The molecule has 3 N–H and O–H groups in total. The molecule has 0 aliphatic carbocycles. The van der Waals surface area contributed by atoms with E-state index in [0.717, 1.165) is 37.6 Å². The molecular formula is C20H19ClN8O. The fraction of sp³-hybridized carbons (Fsp3) is 0.200. The van der Waals surface area contributed by atoms with Crippen molar-refractivity contribution in [3.63, 3.8) is 0 Å². The molecule has 4 rings (SSSR count). The van der Waals surface area contributed by atoms with Gasteiger partial charge >= 0.3 is 6.03 Å². The van der Waals surface area contributed by atoms with E-state index in [-0.39, 0.29) is 0 Å². The number of nitrogens with one attached hydrogen (secondary N) is 3. The van der Waals surface area contributed by atoms with Crippen LogP contribution >= 0.6 is 11.6 Å². The molecule has 0 atom stereocenters. The van der Waals surface area contributed by atoms with Crippen molar-refractivity contribution >= 4 is 34.8 Å². The topological polar surface area (TPSA) is 111 Å². The molecule has 2 aromatic carbocycles. The molecule has 9 nitrogen and oxygen atoms in total. The number of piperazine rings is 1. The Labute approximate surface area is 178 Å². The number of hydrogen-bond acceptors (Lipinski definition) is 6. The second kappa shape index (κ2) is 8.82. The van der Waals surface area contributed by atoms with Gasteiger partial charge in [-0.25, -0.2) is 9.48 Å². The molecule has 1 fully saturated rings. The fourth-order valence-electron chi connectivity index (χ4n) is 3.20. The molecule has 3 aromatic rings. The van der Waals surface area contributed by atoms with Crippen molar-refractivity contribution in [1.82, 2.24) is 20.3 Å². The Morgan fingerprint density at radius 2 is 1.90 bits per heavy atom. The molecule has 0 saturated carbocycles. The third-order valence-electron chi connectivity index (χ3n) is 4.66. The van der Waals surface area contributed by atoms with Crippen LogP contribution in [0.5, 0.6) is 0 Å². The molecule has 1 aliphatic heterocycles. The van der Waals surface area contributed by atoms with Gasteiger partial charge in [0.2, 0.25) is 0 Å². The van der Waals surface area contributed by atoms with E-state index >= 15 is 0 Å². The molecule has 0 radical (unpaired) electrons. The van der Waals surface area contributed by atoms with Gasteiger partial charge in [-0.2, -0.15) is 5.26 Å². The van der Waals surface area contributed by atoms with Gasteiger partial charge in [0.15, 0.2) is 5.82 Å². The second-order valence-electron chi connectivity index (χ2n) is 6.68. The SMILES string of the molecule is N#Cc1cc(NC(=O)Nc2cn(-c3ccc(Cl)cc3)nn2)ccc1N1CCNCC1. The highest BCUT2D eigenvalue weighted by Gasteiger charge is 2.15. The molecule has 0 spiro atoms. The predicted octanol–water partition coefficient (Wildman–Crippen LogP) is 2.85. The summed E-state index contributed by atoms with van der Waals surface area (Å²) in [6.07, 6.45) is 1.59. The number of carbonyl (C=O) groups is 1. The van der Waals surface area contributed by atoms with Crippen molar-refractivity contribution < 1.29 is 4.79 Å². The van der Waals surface area contributed by atoms with E-state index < -0.39 is 6.03 Å². The Hall–Kier alpha value is -3.61. The van der Waals surface area contributed by atoms with Crippen molar-refractivity contribution in [1.29, 1.82) is 5.26 Å². The van der Waals surface area contributed by atoms with Crippen LogP contribution in [0.1, 0.15) is 5.56 Å². The minimum absolute atomic E-state index is 0.292. The maximum atomic E-state index is 12.3. The quantitative estimate of drug-likeness (QED) is 0.596. The van der Waals surface area contributed by atoms with E-state index in [1.54, 1.807) is 42.6 Å². The summed E-state index contributed by atoms with van der Waals surface area (Å²) in [6.45, 7) is 3.43. The summed E-state index contributed by atoms with van der Waals surface area (Å²) in [5.74, 6) is 0.292. The molecule has 1 aromatic heterocycles. The summed E-state index contributed by atoms with van der Waals surface area (Å²) in [7, 11) is 0. The molecule has 0 bridgehead atoms. The summed E-state index contributed by atoms with van der Waals surface area (Å²) in [5, 5.41) is 26.7. The van der Waals surface area contributed by atoms with Crippen molar-refractivity contribution in [3.05, 3.63) is 59.2 Å². The lowest BCUT2D eigenvalue weighted by molar-refractivity contribution is 0.262. The van der Waals surface area contributed by atoms with Crippen LogP contribution in [0.15, 0.2) is 48.7 Å². The van der Waals surface area contributed by atoms with Crippen molar-refractivity contribution in [2.45, 2.75) is 0 Å². The van der Waals surface area contributed by atoms with Crippen molar-refractivity contribution in [3.8, 4) is 11.8 Å². The normalized spacial score (nSPS) is 13.5. The van der Waals surface area contributed by atoms with Crippen LogP contribution in [0.4, 0.5) is 22.0 Å². The van der Waals surface area contributed by atoms with Crippen molar-refractivity contribution in [2.75, 3.05) is 41.7 Å². The first-order valence-corrected chi connectivity index (χ1v) is 9.76. The number of anilines is 3. The maximum Gasteiger partial charge on any atom is 0.324 e. The molecule has 30 heavy (non-hydrogen) atoms. The van der Waals surface area contributed by atoms with E-state index in [1.165, 1.54) is 4.68 Å². The number of urea groups is 1. The highest BCUT2D eigenvalue weighted by atomic mass is 35.5. The third kappa shape index (κ3) is 4.51. The largest absolute Gasteiger partial charge is 0.368 e. The van der Waals surface area contributed by atoms with Gasteiger partial charge in [-0.3, -0.25) is 5.32 Å². The van der Waals surface area contributed by atoms with E-state index in [0.29, 0.717) is 22.1 Å². The molecule has 10 heteroatoms. The maximum absolute atomic E-state index is 12.3. The number of hydrogen-bond donors (Lipinski definition) is 3. The van der Waals surface area contributed by atoms with E-state index in [2.05, 4.69) is 37.2 Å². The van der Waals surface area contributed by atoms with Crippen LogP contribution in [0.3, 0.4) is 0 Å². The third-order valence-corrected chi connectivity index (χ3v) is 4.91. The molecule has 2 amide bonds. The summed E-state index contributed by atoms with van der Waals surface area (Å²) in [6, 6.07) is 14.1. The minimum atomic E-state index is -0.475. The Kier molecular flexibility index (Phi) is 5.79. The van der Waals surface area contributed by atoms with Crippen LogP contribution < -0.4 is 20.9 Å². The number of amides is 2. The fourth-order valence-corrected chi connectivity index (χ4v) is 3.33. The molecule has 2 heterocycles. The highest BCUT2D eigenvalue weighted by Crippen LogP contribution is 2.24. The lowest BCUT2D eigenvalue weighted by atomic mass is 10.1. The van der Waals surface area contributed by atoms with Crippen LogP contribution in [0.2, 0.25) is 5.02 Å². The Morgan fingerprint density at radius 1 is 1.13 bits per heavy atom. The smallest absolute Gasteiger partial charge is 0.324 e. The van der Waals surface area contributed by atoms with Gasteiger partial charge < -0.3 is 15.5 Å². The van der Waals surface area contributed by atoms with Crippen LogP contribution in [-0.2, 0) is 0 Å². The average Bonchev–Trinajstić information content (AvgIpc) is 3.23. The standard InChI is InChI=1S/C20H19ClN8O/c21-15-1-4-17(5-2-15)29-13-19(26-27-29)25-20(30)24-16-3-6-18(14(11-16)12-22)28-9-7-23-8-10-28/h1-6,11,13,23H,7-10H2,(H2,24,25,30). The summed E-state index contributed by atoms with van der Waals surface area (Å²) in [5.41, 5.74) is 2.68. The van der Waals surface area contributed by atoms with E-state index in [4.69, 9.17) is 11.6 Å². The van der Waals surface area contributed by atoms with Gasteiger partial charge in [-0.15, -0.1) is 5.10 Å². The number of halogens is 1. The van der Waals surface area contributed by atoms with Crippen LogP contribution in [0, 0.1) is 11.3 Å². The number of benzene rings is 2. The van der Waals surface area contributed by atoms with Crippen molar-refractivity contribution in [2.24, 2.45) is 0 Å². The van der Waals surface area contributed by atoms with Crippen LogP contribution in [0.25, 0.3) is 5.69 Å². The first-order valence-electron chi connectivity index (χ1n) is 9.38. The Balaban J connectivity index is 1.41. The number of nitriles is 1. The Bertz CT molecular complexity index is 1080. The zero-order valence-electron chi connectivity index (χ0n) is 16.0. The average molecular weight is 423 g/mol. The van der Waals surface area contributed by atoms with Gasteiger partial charge in [0.05, 0.1) is 23.1 Å². The highest BCUT2D eigenvalue weighted by molar-refractivity contribution is 6.30. The van der Waals surface area contributed by atoms with Gasteiger partial charge in [0.1, 0.15) is 6.07 Å². The summed E-state index contributed by atoms with van der Waals surface area (Å²) in [4.78, 5) is 14.5. The summed E-state index contributed by atoms with van der Waals surface area (Å²) < 4.78 is 1.53. The Morgan fingerprint density at radius 3 is 2.63 bits per heavy atom. The zero-order valence-corrected chi connectivity index (χ0v) is 16.7. The van der Waals surface area contributed by atoms with Gasteiger partial charge in [0.25, 0.3) is 0 Å². The molecule has 1 saturated heterocycles. The number of aromatic nitrogens is 3. The monoisotopic (exact) mass is 422 g/mol. The molecule has 1 aliphatic rings. The predicted molar refractivity (Wildman–Crippen MR) is 115 cm³/mol.